The van der Waals surface area contributed by atoms with Crippen molar-refractivity contribution in [3.05, 3.63) is 102 Å². The normalized spacial score (nSPS) is 14.3. The number of hydrogen-bond donors (Lipinski definition) is 2. The van der Waals surface area contributed by atoms with Crippen LogP contribution < -0.4 is 24.8 Å². The van der Waals surface area contributed by atoms with Crippen molar-refractivity contribution in [3.63, 3.8) is 0 Å². The van der Waals surface area contributed by atoms with E-state index in [2.05, 4.69) is 20.7 Å². The Bertz CT molecular complexity index is 1460. The SMILES string of the molecule is CCOc1ccccc1NC(=O)C1=C(C)Nc2ncnn2C1c1ccc(OCc2ccccc2)c(OC)c1. The summed E-state index contributed by atoms with van der Waals surface area (Å²) in [6.07, 6.45) is 1.46. The number of aromatic nitrogens is 3. The first kappa shape index (κ1) is 24.9. The first-order valence-corrected chi connectivity index (χ1v) is 12.3. The number of hydrogen-bond acceptors (Lipinski definition) is 7. The van der Waals surface area contributed by atoms with Crippen LogP contribution in [0.25, 0.3) is 0 Å². The highest BCUT2D eigenvalue weighted by Crippen LogP contribution is 2.39. The van der Waals surface area contributed by atoms with Gasteiger partial charge in [0.25, 0.3) is 5.91 Å². The van der Waals surface area contributed by atoms with E-state index in [0.29, 0.717) is 53.4 Å². The Morgan fingerprint density at radius 2 is 1.79 bits per heavy atom. The number of methoxy groups -OCH3 is 1. The van der Waals surface area contributed by atoms with Gasteiger partial charge >= 0.3 is 0 Å². The number of carbonyl (C=O) groups excluding carboxylic acids is 1. The number of carbonyl (C=O) groups is 1. The first-order valence-electron chi connectivity index (χ1n) is 12.3. The zero-order chi connectivity index (χ0) is 26.5. The molecule has 1 atom stereocenters. The molecule has 194 valence electrons. The van der Waals surface area contributed by atoms with E-state index < -0.39 is 6.04 Å². The predicted molar refractivity (Wildman–Crippen MR) is 144 cm³/mol. The molecule has 4 aromatic rings. The van der Waals surface area contributed by atoms with Crippen LogP contribution in [0.1, 0.15) is 31.0 Å². The summed E-state index contributed by atoms with van der Waals surface area (Å²) in [7, 11) is 1.59. The fraction of sp³-hybridized carbons (Fsp3) is 0.207. The quantitative estimate of drug-likeness (QED) is 0.319. The van der Waals surface area contributed by atoms with Gasteiger partial charge in [-0.2, -0.15) is 10.1 Å². The first-order chi connectivity index (χ1) is 18.6. The zero-order valence-electron chi connectivity index (χ0n) is 21.5. The Labute approximate surface area is 221 Å². The van der Waals surface area contributed by atoms with Gasteiger partial charge in [0, 0.05) is 5.70 Å². The molecule has 1 aliphatic heterocycles. The molecule has 1 amide bonds. The number of anilines is 2. The lowest BCUT2D eigenvalue weighted by molar-refractivity contribution is -0.113. The smallest absolute Gasteiger partial charge is 0.255 e. The molecule has 2 N–H and O–H groups in total. The Hall–Kier alpha value is -4.79. The van der Waals surface area contributed by atoms with Gasteiger partial charge in [0.2, 0.25) is 5.95 Å². The maximum atomic E-state index is 13.7. The van der Waals surface area contributed by atoms with Gasteiger partial charge in [-0.15, -0.1) is 0 Å². The van der Waals surface area contributed by atoms with E-state index in [0.717, 1.165) is 11.1 Å². The topological polar surface area (TPSA) is 99.5 Å². The standard InChI is InChI=1S/C29H29N5O4/c1-4-37-23-13-9-8-12-22(23)33-28(35)26-19(2)32-29-30-18-31-34(29)27(26)21-14-15-24(25(16-21)36-3)38-17-20-10-6-5-7-11-20/h5-16,18,27H,4,17H2,1-3H3,(H,33,35)(H,30,31,32). The van der Waals surface area contributed by atoms with Crippen LogP contribution in [0, 0.1) is 0 Å². The minimum atomic E-state index is -0.551. The van der Waals surface area contributed by atoms with Crippen molar-refractivity contribution in [2.45, 2.75) is 26.5 Å². The molecule has 0 saturated heterocycles. The van der Waals surface area contributed by atoms with E-state index in [1.54, 1.807) is 11.8 Å². The van der Waals surface area contributed by atoms with Gasteiger partial charge in [0.15, 0.2) is 11.5 Å². The number of allylic oxidation sites excluding steroid dienone is 1. The Morgan fingerprint density at radius 3 is 2.58 bits per heavy atom. The van der Waals surface area contributed by atoms with Crippen LogP contribution in [0.4, 0.5) is 11.6 Å². The number of benzene rings is 3. The van der Waals surface area contributed by atoms with Gasteiger partial charge in [-0.1, -0.05) is 48.5 Å². The number of rotatable bonds is 9. The Kier molecular flexibility index (Phi) is 7.26. The minimum absolute atomic E-state index is 0.281. The van der Waals surface area contributed by atoms with Crippen LogP contribution in [0.2, 0.25) is 0 Å². The van der Waals surface area contributed by atoms with E-state index in [1.165, 1.54) is 6.33 Å². The average molecular weight is 512 g/mol. The third kappa shape index (κ3) is 5.04. The molecule has 1 aromatic heterocycles. The van der Waals surface area contributed by atoms with E-state index in [1.807, 2.05) is 86.6 Å². The molecule has 0 bridgehead atoms. The lowest BCUT2D eigenvalue weighted by atomic mass is 9.94. The average Bonchev–Trinajstić information content (AvgIpc) is 3.41. The number of nitrogens with zero attached hydrogens (tertiary/aromatic N) is 3. The molecule has 38 heavy (non-hydrogen) atoms. The van der Waals surface area contributed by atoms with Gasteiger partial charge in [-0.25, -0.2) is 4.68 Å². The fourth-order valence-electron chi connectivity index (χ4n) is 4.44. The van der Waals surface area contributed by atoms with Crippen LogP contribution >= 0.6 is 0 Å². The van der Waals surface area contributed by atoms with Gasteiger partial charge in [-0.3, -0.25) is 4.79 Å². The predicted octanol–water partition coefficient (Wildman–Crippen LogP) is 5.19. The second-order valence-corrected chi connectivity index (χ2v) is 8.66. The molecule has 0 fully saturated rings. The lowest BCUT2D eigenvalue weighted by Gasteiger charge is -2.29. The maximum Gasteiger partial charge on any atom is 0.255 e. The molecule has 0 radical (unpaired) electrons. The van der Waals surface area contributed by atoms with E-state index >= 15 is 0 Å². The highest BCUT2D eigenvalue weighted by molar-refractivity contribution is 6.06. The van der Waals surface area contributed by atoms with Crippen molar-refractivity contribution in [3.8, 4) is 17.2 Å². The Morgan fingerprint density at radius 1 is 1.00 bits per heavy atom. The van der Waals surface area contributed by atoms with Crippen LogP contribution in [0.3, 0.4) is 0 Å². The molecule has 0 saturated carbocycles. The second-order valence-electron chi connectivity index (χ2n) is 8.66. The summed E-state index contributed by atoms with van der Waals surface area (Å²) in [5, 5.41) is 10.6. The number of amides is 1. The molecule has 0 aliphatic carbocycles. The van der Waals surface area contributed by atoms with Gasteiger partial charge in [0.1, 0.15) is 24.7 Å². The van der Waals surface area contributed by atoms with Crippen LogP contribution in [-0.2, 0) is 11.4 Å². The summed E-state index contributed by atoms with van der Waals surface area (Å²) in [5.41, 5.74) is 3.60. The number of fused-ring (bicyclic) bond motifs is 1. The lowest BCUT2D eigenvalue weighted by Crippen LogP contribution is -2.31. The third-order valence-corrected chi connectivity index (χ3v) is 6.21. The van der Waals surface area contributed by atoms with Crippen LogP contribution in [0.15, 0.2) is 90.4 Å². The molecule has 5 rings (SSSR count). The van der Waals surface area contributed by atoms with Crippen molar-refractivity contribution in [1.82, 2.24) is 14.8 Å². The monoisotopic (exact) mass is 511 g/mol. The van der Waals surface area contributed by atoms with Crippen LogP contribution in [0.5, 0.6) is 17.2 Å². The molecule has 0 spiro atoms. The van der Waals surface area contributed by atoms with Gasteiger partial charge in [0.05, 0.1) is 25.0 Å². The van der Waals surface area contributed by atoms with Crippen molar-refractivity contribution in [2.24, 2.45) is 0 Å². The third-order valence-electron chi connectivity index (χ3n) is 6.21. The highest BCUT2D eigenvalue weighted by atomic mass is 16.5. The molecule has 3 aromatic carbocycles. The summed E-state index contributed by atoms with van der Waals surface area (Å²) in [6, 6.07) is 22.4. The Balaban J connectivity index is 1.48. The van der Waals surface area contributed by atoms with Gasteiger partial charge < -0.3 is 24.8 Å². The zero-order valence-corrected chi connectivity index (χ0v) is 21.5. The summed E-state index contributed by atoms with van der Waals surface area (Å²) >= 11 is 0. The minimum Gasteiger partial charge on any atom is -0.493 e. The fourth-order valence-corrected chi connectivity index (χ4v) is 4.44. The highest BCUT2D eigenvalue weighted by Gasteiger charge is 2.34. The van der Waals surface area contributed by atoms with E-state index in [4.69, 9.17) is 14.2 Å². The van der Waals surface area contributed by atoms with E-state index in [9.17, 15) is 4.79 Å². The van der Waals surface area contributed by atoms with Crippen LogP contribution in [-0.4, -0.2) is 34.4 Å². The number of nitrogens with one attached hydrogen (secondary N) is 2. The molecular weight excluding hydrogens is 482 g/mol. The molecule has 9 heteroatoms. The number of ether oxygens (including phenoxy) is 3. The van der Waals surface area contributed by atoms with Crippen molar-refractivity contribution in [2.75, 3.05) is 24.4 Å². The van der Waals surface area contributed by atoms with Crippen molar-refractivity contribution in [1.29, 1.82) is 0 Å². The largest absolute Gasteiger partial charge is 0.493 e. The summed E-state index contributed by atoms with van der Waals surface area (Å²) in [5.74, 6) is 2.02. The van der Waals surface area contributed by atoms with Gasteiger partial charge in [-0.05, 0) is 49.2 Å². The molecule has 1 unspecified atom stereocenters. The molecule has 1 aliphatic rings. The summed E-state index contributed by atoms with van der Waals surface area (Å²) in [4.78, 5) is 18.1. The van der Waals surface area contributed by atoms with Crippen molar-refractivity contribution < 1.29 is 19.0 Å². The second kappa shape index (κ2) is 11.1. The summed E-state index contributed by atoms with van der Waals surface area (Å²) < 4.78 is 19.1. The maximum absolute atomic E-state index is 13.7. The van der Waals surface area contributed by atoms with E-state index in [-0.39, 0.29) is 5.91 Å². The molecular formula is C29H29N5O4. The number of para-hydroxylation sites is 2. The molecule has 2 heterocycles. The van der Waals surface area contributed by atoms with Crippen molar-refractivity contribution >= 4 is 17.5 Å². The summed E-state index contributed by atoms with van der Waals surface area (Å²) in [6.45, 7) is 4.64. The molecule has 9 nitrogen and oxygen atoms in total.